The number of aromatic nitrogens is 1. The van der Waals surface area contributed by atoms with Gasteiger partial charge in [-0.1, -0.05) is 6.07 Å². The highest BCUT2D eigenvalue weighted by Gasteiger charge is 2.19. The van der Waals surface area contributed by atoms with Crippen LogP contribution in [0.5, 0.6) is 11.5 Å². The first-order chi connectivity index (χ1) is 12.8. The second-order valence-electron chi connectivity index (χ2n) is 5.78. The van der Waals surface area contributed by atoms with Gasteiger partial charge in [-0.15, -0.1) is 0 Å². The topological polar surface area (TPSA) is 97.8 Å². The van der Waals surface area contributed by atoms with Crippen LogP contribution in [-0.2, 0) is 21.4 Å². The average molecular weight is 393 g/mol. The van der Waals surface area contributed by atoms with E-state index < -0.39 is 10.0 Å². The number of methoxy groups -OCH3 is 2. The maximum Gasteiger partial charge on any atom is 0.225 e. The number of sulfonamides is 1. The zero-order valence-corrected chi connectivity index (χ0v) is 16.3. The van der Waals surface area contributed by atoms with Crippen LogP contribution in [0.1, 0.15) is 12.1 Å². The van der Waals surface area contributed by atoms with Gasteiger partial charge in [-0.05, 0) is 24.3 Å². The number of anilines is 1. The molecule has 1 N–H and O–H groups in total. The summed E-state index contributed by atoms with van der Waals surface area (Å²) in [5, 5.41) is 2.73. The van der Waals surface area contributed by atoms with Crippen LogP contribution in [0, 0.1) is 0 Å². The summed E-state index contributed by atoms with van der Waals surface area (Å²) in [6.07, 6.45) is 2.69. The van der Waals surface area contributed by atoms with Crippen LogP contribution in [0.4, 0.5) is 5.69 Å². The molecular weight excluding hydrogens is 370 g/mol. The molecule has 0 aliphatic heterocycles. The van der Waals surface area contributed by atoms with Crippen molar-refractivity contribution in [3.63, 3.8) is 0 Å². The molecule has 1 aromatic carbocycles. The molecule has 0 aliphatic rings. The third-order valence-electron chi connectivity index (χ3n) is 3.80. The molecule has 8 nitrogen and oxygen atoms in total. The molecule has 2 rings (SSSR count). The lowest BCUT2D eigenvalue weighted by Crippen LogP contribution is -2.32. The van der Waals surface area contributed by atoms with Gasteiger partial charge >= 0.3 is 0 Å². The fourth-order valence-electron chi connectivity index (χ4n) is 2.39. The van der Waals surface area contributed by atoms with Gasteiger partial charge in [0.2, 0.25) is 15.9 Å². The molecule has 0 bridgehead atoms. The lowest BCUT2D eigenvalue weighted by Gasteiger charge is -2.19. The van der Waals surface area contributed by atoms with E-state index >= 15 is 0 Å². The molecule has 146 valence electrons. The molecule has 0 unspecified atom stereocenters. The zero-order chi connectivity index (χ0) is 19.9. The number of benzene rings is 1. The number of carbonyl (C=O) groups excluding carboxylic acids is 1. The molecule has 2 aromatic rings. The minimum Gasteiger partial charge on any atom is -0.497 e. The Morgan fingerprint density at radius 3 is 2.56 bits per heavy atom. The summed E-state index contributed by atoms with van der Waals surface area (Å²) in [7, 11) is -0.468. The summed E-state index contributed by atoms with van der Waals surface area (Å²) < 4.78 is 35.6. The van der Waals surface area contributed by atoms with Gasteiger partial charge in [-0.25, -0.2) is 8.42 Å². The van der Waals surface area contributed by atoms with Crippen LogP contribution >= 0.6 is 0 Å². The smallest absolute Gasteiger partial charge is 0.225 e. The van der Waals surface area contributed by atoms with Gasteiger partial charge in [-0.2, -0.15) is 4.31 Å². The summed E-state index contributed by atoms with van der Waals surface area (Å²) in [5.74, 6) is 0.716. The number of hydrogen-bond donors (Lipinski definition) is 1. The van der Waals surface area contributed by atoms with Crippen LogP contribution in [-0.4, -0.2) is 50.6 Å². The van der Waals surface area contributed by atoms with Crippen LogP contribution in [0.2, 0.25) is 0 Å². The first kappa shape index (κ1) is 20.7. The minimum absolute atomic E-state index is 0.0136. The Bertz CT molecular complexity index is 872. The lowest BCUT2D eigenvalue weighted by molar-refractivity contribution is -0.116. The molecule has 0 atom stereocenters. The van der Waals surface area contributed by atoms with Crippen molar-refractivity contribution in [3.8, 4) is 11.5 Å². The van der Waals surface area contributed by atoms with Gasteiger partial charge in [0.25, 0.3) is 0 Å². The standard InChI is InChI=1S/C18H23N3O5S/c1-25-15-7-8-17(26-2)16(12-15)20-18(22)9-11-21(27(3,23)24)13-14-6-4-5-10-19-14/h4-8,10,12H,9,11,13H2,1-3H3,(H,20,22). The Morgan fingerprint density at radius 2 is 1.96 bits per heavy atom. The van der Waals surface area contributed by atoms with Crippen LogP contribution in [0.3, 0.4) is 0 Å². The largest absolute Gasteiger partial charge is 0.497 e. The van der Waals surface area contributed by atoms with E-state index in [0.717, 1.165) is 6.26 Å². The molecule has 1 heterocycles. The Balaban J connectivity index is 2.03. The van der Waals surface area contributed by atoms with E-state index in [0.29, 0.717) is 22.9 Å². The van der Waals surface area contributed by atoms with Crippen molar-refractivity contribution in [2.45, 2.75) is 13.0 Å². The highest BCUT2D eigenvalue weighted by atomic mass is 32.2. The Kier molecular flexibility index (Phi) is 7.14. The van der Waals surface area contributed by atoms with Crippen molar-refractivity contribution in [2.75, 3.05) is 32.3 Å². The number of ether oxygens (including phenoxy) is 2. The fraction of sp³-hybridized carbons (Fsp3) is 0.333. The first-order valence-corrected chi connectivity index (χ1v) is 10.0. The fourth-order valence-corrected chi connectivity index (χ4v) is 3.17. The molecular formula is C18H23N3O5S. The van der Waals surface area contributed by atoms with Gasteiger partial charge in [0.1, 0.15) is 11.5 Å². The van der Waals surface area contributed by atoms with Crippen molar-refractivity contribution in [1.29, 1.82) is 0 Å². The van der Waals surface area contributed by atoms with E-state index in [4.69, 9.17) is 9.47 Å². The number of rotatable bonds is 9. The molecule has 0 fully saturated rings. The first-order valence-electron chi connectivity index (χ1n) is 8.20. The van der Waals surface area contributed by atoms with Crippen molar-refractivity contribution >= 4 is 21.6 Å². The second-order valence-corrected chi connectivity index (χ2v) is 7.76. The lowest BCUT2D eigenvalue weighted by atomic mass is 10.2. The molecule has 0 spiro atoms. The summed E-state index contributed by atoms with van der Waals surface area (Å²) in [4.78, 5) is 16.5. The maximum atomic E-state index is 12.3. The second kappa shape index (κ2) is 9.33. The third kappa shape index (κ3) is 6.22. The SMILES string of the molecule is COc1ccc(OC)c(NC(=O)CCN(Cc2ccccn2)S(C)(=O)=O)c1. The van der Waals surface area contributed by atoms with Crippen molar-refractivity contribution < 1.29 is 22.7 Å². The van der Waals surface area contributed by atoms with Crippen LogP contribution in [0.15, 0.2) is 42.6 Å². The third-order valence-corrected chi connectivity index (χ3v) is 5.05. The molecule has 1 aromatic heterocycles. The van der Waals surface area contributed by atoms with Crippen LogP contribution in [0.25, 0.3) is 0 Å². The monoisotopic (exact) mass is 393 g/mol. The van der Waals surface area contributed by atoms with E-state index in [1.54, 1.807) is 42.6 Å². The Labute approximate surface area is 159 Å². The van der Waals surface area contributed by atoms with Gasteiger partial charge in [0.15, 0.2) is 0 Å². The zero-order valence-electron chi connectivity index (χ0n) is 15.5. The van der Waals surface area contributed by atoms with Crippen molar-refractivity contribution in [2.24, 2.45) is 0 Å². The molecule has 0 radical (unpaired) electrons. The Hall–Kier alpha value is -2.65. The quantitative estimate of drug-likeness (QED) is 0.699. The van der Waals surface area contributed by atoms with Gasteiger partial charge in [-0.3, -0.25) is 9.78 Å². The normalized spacial score (nSPS) is 11.3. The minimum atomic E-state index is -3.49. The van der Waals surface area contributed by atoms with Crippen LogP contribution < -0.4 is 14.8 Å². The summed E-state index contributed by atoms with van der Waals surface area (Å²) in [5.41, 5.74) is 1.07. The van der Waals surface area contributed by atoms with E-state index in [2.05, 4.69) is 10.3 Å². The number of amides is 1. The highest BCUT2D eigenvalue weighted by Crippen LogP contribution is 2.29. The number of nitrogens with one attached hydrogen (secondary N) is 1. The number of carbonyl (C=O) groups is 1. The summed E-state index contributed by atoms with van der Waals surface area (Å²) in [6.45, 7) is 0.142. The molecule has 0 saturated carbocycles. The number of hydrogen-bond acceptors (Lipinski definition) is 6. The number of nitrogens with zero attached hydrogens (tertiary/aromatic N) is 2. The highest BCUT2D eigenvalue weighted by molar-refractivity contribution is 7.88. The molecule has 9 heteroatoms. The van der Waals surface area contributed by atoms with Gasteiger partial charge < -0.3 is 14.8 Å². The van der Waals surface area contributed by atoms with E-state index in [9.17, 15) is 13.2 Å². The average Bonchev–Trinajstić information content (AvgIpc) is 2.65. The van der Waals surface area contributed by atoms with Gasteiger partial charge in [0.05, 0.1) is 38.4 Å². The predicted molar refractivity (Wildman–Crippen MR) is 102 cm³/mol. The van der Waals surface area contributed by atoms with E-state index in [1.165, 1.54) is 18.5 Å². The van der Waals surface area contributed by atoms with Gasteiger partial charge in [0, 0.05) is 25.2 Å². The molecule has 1 amide bonds. The number of pyridine rings is 1. The summed E-state index contributed by atoms with van der Waals surface area (Å²) in [6, 6.07) is 10.3. The van der Waals surface area contributed by atoms with Crippen molar-refractivity contribution in [1.82, 2.24) is 9.29 Å². The predicted octanol–water partition coefficient (Wildman–Crippen LogP) is 1.89. The van der Waals surface area contributed by atoms with Crippen molar-refractivity contribution in [3.05, 3.63) is 48.3 Å². The molecule has 0 aliphatic carbocycles. The maximum absolute atomic E-state index is 12.3. The Morgan fingerprint density at radius 1 is 1.19 bits per heavy atom. The van der Waals surface area contributed by atoms with E-state index in [1.807, 2.05) is 0 Å². The van der Waals surface area contributed by atoms with E-state index in [-0.39, 0.29) is 25.4 Å². The molecule has 27 heavy (non-hydrogen) atoms. The summed E-state index contributed by atoms with van der Waals surface area (Å²) >= 11 is 0. The molecule has 0 saturated heterocycles.